The Bertz CT molecular complexity index is 427. The van der Waals surface area contributed by atoms with E-state index in [2.05, 4.69) is 6.92 Å². The first-order valence-corrected chi connectivity index (χ1v) is 7.63. The number of hydrogen-bond acceptors (Lipinski definition) is 2. The Balaban J connectivity index is 2.03. The Hall–Kier alpha value is -1.05. The molecular formula is C17H26O2. The molecule has 2 heteroatoms. The minimum absolute atomic E-state index is 0.231. The van der Waals surface area contributed by atoms with Gasteiger partial charge in [-0.3, -0.25) is 4.79 Å². The maximum absolute atomic E-state index is 12.2. The van der Waals surface area contributed by atoms with Gasteiger partial charge in [0.25, 0.3) is 0 Å². The van der Waals surface area contributed by atoms with Crippen molar-refractivity contribution in [2.75, 3.05) is 0 Å². The van der Waals surface area contributed by atoms with Crippen molar-refractivity contribution < 1.29 is 9.90 Å². The zero-order chi connectivity index (χ0) is 14.0. The van der Waals surface area contributed by atoms with Gasteiger partial charge in [-0.1, -0.05) is 40.0 Å². The number of aliphatic hydroxyl groups is 1. The summed E-state index contributed by atoms with van der Waals surface area (Å²) in [5, 5.41) is 10.1. The monoisotopic (exact) mass is 262 g/mol. The van der Waals surface area contributed by atoms with E-state index in [0.717, 1.165) is 36.8 Å². The maximum Gasteiger partial charge on any atom is 0.164 e. The fraction of sp³-hybridized carbons (Fsp3) is 0.706. The van der Waals surface area contributed by atoms with E-state index >= 15 is 0 Å². The van der Waals surface area contributed by atoms with E-state index in [1.807, 2.05) is 13.8 Å². The smallest absolute Gasteiger partial charge is 0.164 e. The van der Waals surface area contributed by atoms with Gasteiger partial charge in [-0.05, 0) is 43.3 Å². The zero-order valence-electron chi connectivity index (χ0n) is 12.5. The van der Waals surface area contributed by atoms with Crippen molar-refractivity contribution in [1.82, 2.24) is 0 Å². The SMILES string of the molecule is CCCCCCC1=C(O)C=C2C(=O)C(C)(C)CC2C1. The lowest BCUT2D eigenvalue weighted by Crippen LogP contribution is -2.17. The molecule has 2 aliphatic rings. The third kappa shape index (κ3) is 2.93. The number of unbranched alkanes of at least 4 members (excludes halogenated alkanes) is 3. The molecule has 0 amide bonds. The molecule has 1 N–H and O–H groups in total. The van der Waals surface area contributed by atoms with Gasteiger partial charge >= 0.3 is 0 Å². The second kappa shape index (κ2) is 5.52. The first kappa shape index (κ1) is 14.4. The highest BCUT2D eigenvalue weighted by Crippen LogP contribution is 2.47. The number of fused-ring (bicyclic) bond motifs is 1. The molecule has 1 fully saturated rings. The second-order valence-corrected chi connectivity index (χ2v) is 6.72. The van der Waals surface area contributed by atoms with E-state index in [-0.39, 0.29) is 11.2 Å². The normalized spacial score (nSPS) is 25.5. The molecule has 1 atom stereocenters. The van der Waals surface area contributed by atoms with Gasteiger partial charge in [0, 0.05) is 11.0 Å². The standard InChI is InChI=1S/C17H26O2/c1-4-5-6-7-8-12-9-13-11-17(2,3)16(19)14(13)10-15(12)18/h10,13,18H,4-9,11H2,1-3H3. The predicted octanol–water partition coefficient (Wildman–Crippen LogP) is 4.71. The van der Waals surface area contributed by atoms with E-state index in [1.54, 1.807) is 6.08 Å². The Morgan fingerprint density at radius 1 is 1.32 bits per heavy atom. The van der Waals surface area contributed by atoms with Crippen LogP contribution in [0, 0.1) is 11.3 Å². The zero-order valence-corrected chi connectivity index (χ0v) is 12.5. The molecule has 2 nitrogen and oxygen atoms in total. The number of carbonyl (C=O) groups excluding carboxylic acids is 1. The van der Waals surface area contributed by atoms with Gasteiger partial charge in [-0.2, -0.15) is 0 Å². The molecule has 0 spiro atoms. The van der Waals surface area contributed by atoms with E-state index in [1.165, 1.54) is 19.3 Å². The summed E-state index contributed by atoms with van der Waals surface area (Å²) in [5.41, 5.74) is 1.78. The average Bonchev–Trinajstić information content (AvgIpc) is 2.57. The molecule has 106 valence electrons. The molecule has 0 aliphatic heterocycles. The summed E-state index contributed by atoms with van der Waals surface area (Å²) in [6.45, 7) is 6.25. The third-order valence-corrected chi connectivity index (χ3v) is 4.55. The number of Topliss-reactive ketones (excluding diaryl/α,β-unsaturated/α-hetero) is 1. The van der Waals surface area contributed by atoms with Crippen molar-refractivity contribution in [2.24, 2.45) is 11.3 Å². The fourth-order valence-corrected chi connectivity index (χ4v) is 3.41. The number of aliphatic hydroxyl groups excluding tert-OH is 1. The summed E-state index contributed by atoms with van der Waals surface area (Å²) in [4.78, 5) is 12.2. The lowest BCUT2D eigenvalue weighted by atomic mass is 9.85. The van der Waals surface area contributed by atoms with Crippen LogP contribution in [0.3, 0.4) is 0 Å². The lowest BCUT2D eigenvalue weighted by molar-refractivity contribution is -0.121. The number of allylic oxidation sites excluding steroid dienone is 3. The molecular weight excluding hydrogens is 236 g/mol. The van der Waals surface area contributed by atoms with Gasteiger partial charge in [0.05, 0.1) is 0 Å². The van der Waals surface area contributed by atoms with Crippen molar-refractivity contribution in [3.05, 3.63) is 23.0 Å². The molecule has 1 saturated carbocycles. The number of ketones is 1. The number of hydrogen-bond donors (Lipinski definition) is 1. The minimum Gasteiger partial charge on any atom is -0.508 e. The molecule has 2 rings (SSSR count). The van der Waals surface area contributed by atoms with Crippen molar-refractivity contribution in [2.45, 2.75) is 65.7 Å². The highest BCUT2D eigenvalue weighted by molar-refractivity contribution is 6.02. The Morgan fingerprint density at radius 2 is 2.05 bits per heavy atom. The van der Waals surface area contributed by atoms with E-state index in [0.29, 0.717) is 11.7 Å². The number of rotatable bonds is 5. The first-order valence-electron chi connectivity index (χ1n) is 7.63. The van der Waals surface area contributed by atoms with E-state index in [9.17, 15) is 9.90 Å². The number of carbonyl (C=O) groups is 1. The van der Waals surface area contributed by atoms with Crippen LogP contribution in [-0.2, 0) is 4.79 Å². The Morgan fingerprint density at radius 3 is 2.74 bits per heavy atom. The third-order valence-electron chi connectivity index (χ3n) is 4.55. The quantitative estimate of drug-likeness (QED) is 0.728. The molecule has 0 aromatic rings. The summed E-state index contributed by atoms with van der Waals surface area (Å²) in [6, 6.07) is 0. The molecule has 0 aromatic heterocycles. The molecule has 0 bridgehead atoms. The van der Waals surface area contributed by atoms with Gasteiger partial charge in [0.2, 0.25) is 0 Å². The average molecular weight is 262 g/mol. The van der Waals surface area contributed by atoms with Crippen LogP contribution in [0.15, 0.2) is 23.0 Å². The van der Waals surface area contributed by atoms with E-state index < -0.39 is 0 Å². The molecule has 0 saturated heterocycles. The van der Waals surface area contributed by atoms with Crippen LogP contribution < -0.4 is 0 Å². The first-order chi connectivity index (χ1) is 8.95. The predicted molar refractivity (Wildman–Crippen MR) is 78.0 cm³/mol. The topological polar surface area (TPSA) is 37.3 Å². The van der Waals surface area contributed by atoms with Crippen LogP contribution in [-0.4, -0.2) is 10.9 Å². The van der Waals surface area contributed by atoms with Crippen LogP contribution in [0.4, 0.5) is 0 Å². The lowest BCUT2D eigenvalue weighted by Gasteiger charge is -2.20. The van der Waals surface area contributed by atoms with Gasteiger partial charge < -0.3 is 5.11 Å². The molecule has 0 heterocycles. The largest absolute Gasteiger partial charge is 0.508 e. The van der Waals surface area contributed by atoms with Crippen LogP contribution in [0.25, 0.3) is 0 Å². The molecule has 0 aromatic carbocycles. The molecule has 2 aliphatic carbocycles. The van der Waals surface area contributed by atoms with Crippen molar-refractivity contribution in [3.63, 3.8) is 0 Å². The van der Waals surface area contributed by atoms with Gasteiger partial charge in [-0.15, -0.1) is 0 Å². The second-order valence-electron chi connectivity index (χ2n) is 6.72. The Kier molecular flexibility index (Phi) is 4.17. The summed E-state index contributed by atoms with van der Waals surface area (Å²) in [7, 11) is 0. The van der Waals surface area contributed by atoms with Gasteiger partial charge in [0.1, 0.15) is 5.76 Å². The highest BCUT2D eigenvalue weighted by Gasteiger charge is 2.44. The van der Waals surface area contributed by atoms with Gasteiger partial charge in [0.15, 0.2) is 5.78 Å². The Labute approximate surface area is 116 Å². The van der Waals surface area contributed by atoms with Crippen LogP contribution >= 0.6 is 0 Å². The molecule has 19 heavy (non-hydrogen) atoms. The van der Waals surface area contributed by atoms with Crippen LogP contribution in [0.2, 0.25) is 0 Å². The van der Waals surface area contributed by atoms with Gasteiger partial charge in [-0.25, -0.2) is 0 Å². The van der Waals surface area contributed by atoms with Crippen molar-refractivity contribution >= 4 is 5.78 Å². The van der Waals surface area contributed by atoms with Crippen molar-refractivity contribution in [3.8, 4) is 0 Å². The fourth-order valence-electron chi connectivity index (χ4n) is 3.41. The summed E-state index contributed by atoms with van der Waals surface area (Å²) >= 11 is 0. The minimum atomic E-state index is -0.242. The van der Waals surface area contributed by atoms with Crippen molar-refractivity contribution in [1.29, 1.82) is 0 Å². The summed E-state index contributed by atoms with van der Waals surface area (Å²) < 4.78 is 0. The van der Waals surface area contributed by atoms with E-state index in [4.69, 9.17) is 0 Å². The molecule has 1 unspecified atom stereocenters. The summed E-state index contributed by atoms with van der Waals surface area (Å²) in [5.74, 6) is 0.947. The highest BCUT2D eigenvalue weighted by atomic mass is 16.3. The van der Waals surface area contributed by atoms with Crippen LogP contribution in [0.1, 0.15) is 65.7 Å². The summed E-state index contributed by atoms with van der Waals surface area (Å²) in [6.07, 6.45) is 9.45. The maximum atomic E-state index is 12.2. The molecule has 0 radical (unpaired) electrons. The van der Waals surface area contributed by atoms with Crippen LogP contribution in [0.5, 0.6) is 0 Å².